The molecule has 6 aromatic carbocycles. The smallest absolute Gasteiger partial charge is 0.0226 e. The molecular weight excluding hydrogens is 619 g/mol. The monoisotopic (exact) mass is 657 g/mol. The van der Waals surface area contributed by atoms with Crippen molar-refractivity contribution < 1.29 is 0 Å². The summed E-state index contributed by atoms with van der Waals surface area (Å²) in [4.78, 5) is 0. The molecule has 2 N–H and O–H groups in total. The Kier molecular flexibility index (Phi) is 10.2. The van der Waals surface area contributed by atoms with Crippen LogP contribution in [0.2, 0.25) is 0 Å². The molecule has 0 aromatic heterocycles. The minimum absolute atomic E-state index is 0.862. The van der Waals surface area contributed by atoms with Gasteiger partial charge >= 0.3 is 0 Å². The molecule has 0 aliphatic rings. The van der Waals surface area contributed by atoms with Crippen LogP contribution in [0.4, 0.5) is 0 Å². The molecule has 0 atom stereocenters. The second-order valence-electron chi connectivity index (χ2n) is 11.5. The van der Waals surface area contributed by atoms with Crippen molar-refractivity contribution in [3.8, 4) is 33.4 Å². The van der Waals surface area contributed by atoms with Crippen LogP contribution >= 0.6 is 23.5 Å². The van der Waals surface area contributed by atoms with E-state index in [0.717, 1.165) is 77.7 Å². The minimum Gasteiger partial charge on any atom is -0.404 e. The van der Waals surface area contributed by atoms with Crippen molar-refractivity contribution in [1.29, 1.82) is 0 Å². The van der Waals surface area contributed by atoms with Crippen molar-refractivity contribution in [2.75, 3.05) is 6.26 Å². The highest BCUT2D eigenvalue weighted by Crippen LogP contribution is 2.49. The van der Waals surface area contributed by atoms with Gasteiger partial charge in [-0.05, 0) is 100.0 Å². The van der Waals surface area contributed by atoms with Crippen LogP contribution in [0.3, 0.4) is 0 Å². The van der Waals surface area contributed by atoms with Gasteiger partial charge in [-0.3, -0.25) is 0 Å². The highest BCUT2D eigenvalue weighted by molar-refractivity contribution is 8.01. The molecule has 0 radical (unpaired) electrons. The molecule has 6 aromatic rings. The summed E-state index contributed by atoms with van der Waals surface area (Å²) < 4.78 is 0. The van der Waals surface area contributed by atoms with Gasteiger partial charge < -0.3 is 5.73 Å². The molecule has 0 bridgehead atoms. The lowest BCUT2D eigenvalue weighted by Gasteiger charge is -2.25. The van der Waals surface area contributed by atoms with Gasteiger partial charge in [-0.2, -0.15) is 11.8 Å². The van der Waals surface area contributed by atoms with E-state index < -0.39 is 0 Å². The summed E-state index contributed by atoms with van der Waals surface area (Å²) >= 11 is 3.51. The lowest BCUT2D eigenvalue weighted by atomic mass is 9.78. The van der Waals surface area contributed by atoms with E-state index >= 15 is 0 Å². The van der Waals surface area contributed by atoms with E-state index in [1.54, 1.807) is 18.0 Å². The van der Waals surface area contributed by atoms with Gasteiger partial charge in [-0.25, -0.2) is 0 Å². The molecule has 1 nitrogen and oxygen atoms in total. The predicted octanol–water partition coefficient (Wildman–Crippen LogP) is 13.1. The maximum atomic E-state index is 5.54. The molecule has 236 valence electrons. The fourth-order valence-electron chi connectivity index (χ4n) is 6.87. The van der Waals surface area contributed by atoms with Crippen LogP contribution in [0.15, 0.2) is 135 Å². The summed E-state index contributed by atoms with van der Waals surface area (Å²) in [7, 11) is 0. The first kappa shape index (κ1) is 33.0. The largest absolute Gasteiger partial charge is 0.404 e. The van der Waals surface area contributed by atoms with E-state index in [1.165, 1.54) is 22.1 Å². The zero-order chi connectivity index (χ0) is 33.6. The summed E-state index contributed by atoms with van der Waals surface area (Å²) in [5.74, 6) is 1.85. The van der Waals surface area contributed by atoms with Gasteiger partial charge in [0.05, 0.1) is 0 Å². The second kappa shape index (κ2) is 14.9. The van der Waals surface area contributed by atoms with E-state index in [-0.39, 0.29) is 0 Å². The molecule has 0 unspecified atom stereocenters. The standard InChI is InChI=1S/C45H39NS2/c1-6-34-36(8-3)44(40-16-12-10-14-38(40)42(34)32-22-18-30(19-23-32)28-47-5)45-37(9-4)35(7-2)43(39-15-11-13-17-41(39)45)33-24-20-31(21-25-33)29-48-27-26-46/h6-27H,1-4,28-29,46H2,5H3/b27-26-. The number of rotatable bonds is 12. The topological polar surface area (TPSA) is 26.0 Å². The van der Waals surface area contributed by atoms with Crippen LogP contribution < -0.4 is 5.73 Å². The first-order valence-electron chi connectivity index (χ1n) is 15.9. The van der Waals surface area contributed by atoms with Gasteiger partial charge in [0.2, 0.25) is 0 Å². The summed E-state index contributed by atoms with van der Waals surface area (Å²) in [5.41, 5.74) is 19.2. The predicted molar refractivity (Wildman–Crippen MR) is 220 cm³/mol. The first-order valence-corrected chi connectivity index (χ1v) is 18.4. The van der Waals surface area contributed by atoms with E-state index in [2.05, 4.69) is 130 Å². The normalized spacial score (nSPS) is 11.3. The molecule has 0 fully saturated rings. The molecule has 0 saturated heterocycles. The van der Waals surface area contributed by atoms with E-state index in [9.17, 15) is 0 Å². The quantitative estimate of drug-likeness (QED) is 0.142. The van der Waals surface area contributed by atoms with Crippen molar-refractivity contribution >= 4 is 69.4 Å². The molecule has 0 amide bonds. The third-order valence-corrected chi connectivity index (χ3v) is 10.3. The minimum atomic E-state index is 0.862. The van der Waals surface area contributed by atoms with Crippen LogP contribution in [-0.4, -0.2) is 6.26 Å². The van der Waals surface area contributed by atoms with E-state index in [1.807, 2.05) is 41.5 Å². The summed E-state index contributed by atoms with van der Waals surface area (Å²) in [6.07, 6.45) is 11.7. The summed E-state index contributed by atoms with van der Waals surface area (Å²) in [5, 5.41) is 6.56. The Bertz CT molecular complexity index is 2200. The third-order valence-electron chi connectivity index (χ3n) is 8.88. The van der Waals surface area contributed by atoms with Crippen molar-refractivity contribution in [3.63, 3.8) is 0 Å². The maximum absolute atomic E-state index is 5.54. The maximum Gasteiger partial charge on any atom is 0.0226 e. The highest BCUT2D eigenvalue weighted by atomic mass is 32.2. The summed E-state index contributed by atoms with van der Waals surface area (Å²) in [6.45, 7) is 17.4. The van der Waals surface area contributed by atoms with Crippen LogP contribution in [-0.2, 0) is 11.5 Å². The number of hydrogen-bond acceptors (Lipinski definition) is 3. The van der Waals surface area contributed by atoms with Crippen molar-refractivity contribution in [1.82, 2.24) is 0 Å². The number of hydrogen-bond donors (Lipinski definition) is 1. The molecule has 0 aliphatic heterocycles. The Morgan fingerprint density at radius 1 is 0.500 bits per heavy atom. The van der Waals surface area contributed by atoms with Crippen LogP contribution in [0.5, 0.6) is 0 Å². The van der Waals surface area contributed by atoms with Crippen molar-refractivity contribution in [3.05, 3.63) is 168 Å². The Labute approximate surface area is 293 Å². The summed E-state index contributed by atoms with van der Waals surface area (Å²) in [6, 6.07) is 35.1. The molecule has 0 heterocycles. The Morgan fingerprint density at radius 3 is 1.21 bits per heavy atom. The van der Waals surface area contributed by atoms with Crippen LogP contribution in [0, 0.1) is 0 Å². The van der Waals surface area contributed by atoms with Crippen LogP contribution in [0.1, 0.15) is 33.4 Å². The van der Waals surface area contributed by atoms with E-state index in [4.69, 9.17) is 5.73 Å². The Morgan fingerprint density at radius 2 is 0.854 bits per heavy atom. The molecule has 0 aliphatic carbocycles. The van der Waals surface area contributed by atoms with Crippen molar-refractivity contribution in [2.45, 2.75) is 11.5 Å². The fraction of sp³-hybridized carbons (Fsp3) is 0.0667. The van der Waals surface area contributed by atoms with Gasteiger partial charge in [0.15, 0.2) is 0 Å². The molecule has 3 heteroatoms. The Hall–Kier alpha value is -4.96. The van der Waals surface area contributed by atoms with Gasteiger partial charge in [-0.15, -0.1) is 11.8 Å². The Balaban J connectivity index is 1.69. The molecule has 6 rings (SSSR count). The number of nitrogens with two attached hydrogens (primary N) is 1. The second-order valence-corrected chi connectivity index (χ2v) is 13.3. The zero-order valence-electron chi connectivity index (χ0n) is 27.3. The van der Waals surface area contributed by atoms with Gasteiger partial charge in [0.1, 0.15) is 0 Å². The van der Waals surface area contributed by atoms with Gasteiger partial charge in [0, 0.05) is 17.7 Å². The number of benzene rings is 6. The van der Waals surface area contributed by atoms with Crippen molar-refractivity contribution in [2.24, 2.45) is 5.73 Å². The fourth-order valence-corrected chi connectivity index (χ4v) is 7.99. The number of thioether (sulfide) groups is 2. The average Bonchev–Trinajstić information content (AvgIpc) is 3.13. The van der Waals surface area contributed by atoms with Gasteiger partial charge in [0.25, 0.3) is 0 Å². The SMILES string of the molecule is C=Cc1c(C=C)c(-c2c(C=C)c(C=C)c(-c3ccc(CS/C=C\N)cc3)c3ccccc23)c2ccccc2c1-c1ccc(CSC)cc1. The average molecular weight is 658 g/mol. The molecular formula is C45H39NS2. The molecule has 0 spiro atoms. The molecule has 48 heavy (non-hydrogen) atoms. The van der Waals surface area contributed by atoms with Gasteiger partial charge in [-0.1, -0.05) is 148 Å². The number of fused-ring (bicyclic) bond motifs is 2. The van der Waals surface area contributed by atoms with Crippen LogP contribution in [0.25, 0.3) is 79.2 Å². The molecule has 0 saturated carbocycles. The highest BCUT2D eigenvalue weighted by Gasteiger charge is 2.24. The third kappa shape index (κ3) is 5.96. The van der Waals surface area contributed by atoms with E-state index in [0.29, 0.717) is 0 Å². The lowest BCUT2D eigenvalue weighted by molar-refractivity contribution is 1.42. The first-order chi connectivity index (χ1) is 23.6. The lowest BCUT2D eigenvalue weighted by Crippen LogP contribution is -2.01. The zero-order valence-corrected chi connectivity index (χ0v) is 29.0.